The molecule has 116 valence electrons. The molecule has 20 heavy (non-hydrogen) atoms. The summed E-state index contributed by atoms with van der Waals surface area (Å²) in [6.45, 7) is 9.41. The van der Waals surface area contributed by atoms with Gasteiger partial charge in [0.25, 0.3) is 0 Å². The quantitative estimate of drug-likeness (QED) is 0.838. The summed E-state index contributed by atoms with van der Waals surface area (Å²) >= 11 is 0. The predicted octanol–water partition coefficient (Wildman–Crippen LogP) is 2.65. The van der Waals surface area contributed by atoms with Crippen molar-refractivity contribution in [3.05, 3.63) is 0 Å². The molecule has 0 aromatic heterocycles. The summed E-state index contributed by atoms with van der Waals surface area (Å²) in [5.41, 5.74) is 0. The lowest BCUT2D eigenvalue weighted by atomic mass is 9.92. The third-order valence-corrected chi connectivity index (χ3v) is 5.47. The van der Waals surface area contributed by atoms with E-state index in [0.29, 0.717) is 12.0 Å². The molecule has 0 spiro atoms. The van der Waals surface area contributed by atoms with Crippen LogP contribution in [0.5, 0.6) is 0 Å². The van der Waals surface area contributed by atoms with Gasteiger partial charge in [-0.15, -0.1) is 0 Å². The van der Waals surface area contributed by atoms with Crippen molar-refractivity contribution < 1.29 is 4.74 Å². The van der Waals surface area contributed by atoms with Crippen molar-refractivity contribution in [2.45, 2.75) is 70.6 Å². The van der Waals surface area contributed by atoms with Crippen LogP contribution in [0.4, 0.5) is 0 Å². The first kappa shape index (κ1) is 14.8. The lowest BCUT2D eigenvalue weighted by molar-refractivity contribution is -0.0523. The zero-order chi connectivity index (χ0) is 13.9. The SMILES string of the molecule is CC(C)C1CC(N2CCC(NCC3CC3)CC2)CCO1. The van der Waals surface area contributed by atoms with Crippen LogP contribution in [-0.2, 0) is 4.74 Å². The Morgan fingerprint density at radius 1 is 1.10 bits per heavy atom. The predicted molar refractivity (Wildman–Crippen MR) is 82.9 cm³/mol. The van der Waals surface area contributed by atoms with Crippen LogP contribution >= 0.6 is 0 Å². The van der Waals surface area contributed by atoms with Crippen LogP contribution in [0.25, 0.3) is 0 Å². The summed E-state index contributed by atoms with van der Waals surface area (Å²) in [5.74, 6) is 1.67. The van der Waals surface area contributed by atoms with E-state index in [0.717, 1.165) is 24.6 Å². The van der Waals surface area contributed by atoms with Crippen LogP contribution in [0.1, 0.15) is 52.4 Å². The van der Waals surface area contributed by atoms with E-state index in [-0.39, 0.29) is 0 Å². The highest BCUT2D eigenvalue weighted by molar-refractivity contribution is 4.87. The minimum Gasteiger partial charge on any atom is -0.378 e. The second kappa shape index (κ2) is 6.76. The Labute approximate surface area is 124 Å². The third-order valence-electron chi connectivity index (χ3n) is 5.47. The lowest BCUT2D eigenvalue weighted by Crippen LogP contribution is -2.50. The van der Waals surface area contributed by atoms with Crippen molar-refractivity contribution in [3.8, 4) is 0 Å². The molecule has 0 bridgehead atoms. The maximum atomic E-state index is 5.91. The Morgan fingerprint density at radius 3 is 2.50 bits per heavy atom. The highest BCUT2D eigenvalue weighted by Crippen LogP contribution is 2.29. The van der Waals surface area contributed by atoms with Gasteiger partial charge in [0.05, 0.1) is 6.10 Å². The van der Waals surface area contributed by atoms with Crippen LogP contribution < -0.4 is 5.32 Å². The van der Waals surface area contributed by atoms with Crippen molar-refractivity contribution in [2.75, 3.05) is 26.2 Å². The largest absolute Gasteiger partial charge is 0.378 e. The summed E-state index contributed by atoms with van der Waals surface area (Å²) in [4.78, 5) is 2.74. The van der Waals surface area contributed by atoms with Gasteiger partial charge in [-0.05, 0) is 70.0 Å². The van der Waals surface area contributed by atoms with Gasteiger partial charge in [0.15, 0.2) is 0 Å². The molecule has 2 unspecified atom stereocenters. The highest BCUT2D eigenvalue weighted by Gasteiger charge is 2.31. The number of hydrogen-bond acceptors (Lipinski definition) is 3. The molecule has 0 aromatic rings. The average molecular weight is 280 g/mol. The molecule has 1 saturated carbocycles. The molecule has 2 aliphatic heterocycles. The van der Waals surface area contributed by atoms with Gasteiger partial charge in [0.2, 0.25) is 0 Å². The smallest absolute Gasteiger partial charge is 0.0612 e. The third kappa shape index (κ3) is 3.96. The summed E-state index contributed by atoms with van der Waals surface area (Å²) in [5, 5.41) is 3.78. The molecule has 3 aliphatic rings. The van der Waals surface area contributed by atoms with Crippen molar-refractivity contribution in [1.82, 2.24) is 10.2 Å². The first-order valence-corrected chi connectivity index (χ1v) is 8.81. The van der Waals surface area contributed by atoms with Crippen LogP contribution in [0, 0.1) is 11.8 Å². The number of nitrogens with zero attached hydrogens (tertiary/aromatic N) is 1. The fraction of sp³-hybridized carbons (Fsp3) is 1.00. The first-order chi connectivity index (χ1) is 9.72. The molecule has 3 rings (SSSR count). The van der Waals surface area contributed by atoms with Gasteiger partial charge >= 0.3 is 0 Å². The summed E-state index contributed by atoms with van der Waals surface area (Å²) < 4.78 is 5.91. The summed E-state index contributed by atoms with van der Waals surface area (Å²) in [7, 11) is 0. The Morgan fingerprint density at radius 2 is 1.85 bits per heavy atom. The lowest BCUT2D eigenvalue weighted by Gasteiger charge is -2.42. The van der Waals surface area contributed by atoms with Gasteiger partial charge in [-0.2, -0.15) is 0 Å². The van der Waals surface area contributed by atoms with Gasteiger partial charge in [-0.3, -0.25) is 0 Å². The van der Waals surface area contributed by atoms with Crippen molar-refractivity contribution in [1.29, 1.82) is 0 Å². The van der Waals surface area contributed by atoms with Crippen LogP contribution in [0.2, 0.25) is 0 Å². The molecule has 0 radical (unpaired) electrons. The fourth-order valence-electron chi connectivity index (χ4n) is 3.73. The van der Waals surface area contributed by atoms with Gasteiger partial charge < -0.3 is 15.0 Å². The van der Waals surface area contributed by atoms with Crippen LogP contribution in [-0.4, -0.2) is 49.3 Å². The average Bonchev–Trinajstić information content (AvgIpc) is 3.30. The Bertz CT molecular complexity index is 295. The highest BCUT2D eigenvalue weighted by atomic mass is 16.5. The first-order valence-electron chi connectivity index (χ1n) is 8.81. The molecule has 3 heteroatoms. The van der Waals surface area contributed by atoms with E-state index in [1.165, 1.54) is 58.2 Å². The normalized spacial score (nSPS) is 33.8. The van der Waals surface area contributed by atoms with Gasteiger partial charge in [0, 0.05) is 18.7 Å². The Balaban J connectivity index is 1.40. The number of ether oxygens (including phenoxy) is 1. The zero-order valence-electron chi connectivity index (χ0n) is 13.3. The van der Waals surface area contributed by atoms with Gasteiger partial charge in [-0.25, -0.2) is 0 Å². The zero-order valence-corrected chi connectivity index (χ0v) is 13.3. The van der Waals surface area contributed by atoms with Crippen LogP contribution in [0.15, 0.2) is 0 Å². The molecule has 2 heterocycles. The second-order valence-electron chi connectivity index (χ2n) is 7.49. The second-order valence-corrected chi connectivity index (χ2v) is 7.49. The van der Waals surface area contributed by atoms with E-state index >= 15 is 0 Å². The van der Waals surface area contributed by atoms with Gasteiger partial charge in [0.1, 0.15) is 0 Å². The molecule has 3 nitrogen and oxygen atoms in total. The van der Waals surface area contributed by atoms with Gasteiger partial charge in [-0.1, -0.05) is 13.8 Å². The van der Waals surface area contributed by atoms with Crippen molar-refractivity contribution in [3.63, 3.8) is 0 Å². The van der Waals surface area contributed by atoms with E-state index < -0.39 is 0 Å². The number of hydrogen-bond donors (Lipinski definition) is 1. The standard InChI is InChI=1S/C17H32N2O/c1-13(2)17-11-16(7-10-20-17)19-8-5-15(6-9-19)18-12-14-3-4-14/h13-18H,3-12H2,1-2H3. The maximum absolute atomic E-state index is 5.91. The maximum Gasteiger partial charge on any atom is 0.0612 e. The van der Waals surface area contributed by atoms with E-state index in [4.69, 9.17) is 4.74 Å². The minimum atomic E-state index is 0.486. The number of nitrogens with one attached hydrogen (secondary N) is 1. The molecule has 1 N–H and O–H groups in total. The van der Waals surface area contributed by atoms with Crippen molar-refractivity contribution in [2.24, 2.45) is 11.8 Å². The molecule has 2 saturated heterocycles. The van der Waals surface area contributed by atoms with Crippen molar-refractivity contribution >= 4 is 0 Å². The molecular weight excluding hydrogens is 248 g/mol. The minimum absolute atomic E-state index is 0.486. The molecule has 3 fully saturated rings. The molecule has 0 aromatic carbocycles. The monoisotopic (exact) mass is 280 g/mol. The molecular formula is C17H32N2O. The summed E-state index contributed by atoms with van der Waals surface area (Å²) in [6.07, 6.45) is 8.59. The molecule has 1 aliphatic carbocycles. The summed E-state index contributed by atoms with van der Waals surface area (Å²) in [6, 6.07) is 1.56. The van der Waals surface area contributed by atoms with E-state index in [9.17, 15) is 0 Å². The van der Waals surface area contributed by atoms with E-state index in [1.807, 2.05) is 0 Å². The molecule has 0 amide bonds. The fourth-order valence-corrected chi connectivity index (χ4v) is 3.73. The van der Waals surface area contributed by atoms with Crippen LogP contribution in [0.3, 0.4) is 0 Å². The Kier molecular flexibility index (Phi) is 5.00. The number of piperidine rings is 1. The topological polar surface area (TPSA) is 24.5 Å². The van der Waals surface area contributed by atoms with E-state index in [1.54, 1.807) is 0 Å². The Hall–Kier alpha value is -0.120. The molecule has 2 atom stereocenters. The van der Waals surface area contributed by atoms with E-state index in [2.05, 4.69) is 24.1 Å². The number of likely N-dealkylation sites (tertiary alicyclic amines) is 1. The number of rotatable bonds is 5.